The summed E-state index contributed by atoms with van der Waals surface area (Å²) < 4.78 is 7.30. The summed E-state index contributed by atoms with van der Waals surface area (Å²) in [6.07, 6.45) is 4.78. The zero-order chi connectivity index (χ0) is 12.5. The molecule has 2 aromatic rings. The number of aryl methyl sites for hydroxylation is 1. The van der Waals surface area contributed by atoms with Crippen molar-refractivity contribution in [3.63, 3.8) is 0 Å². The van der Waals surface area contributed by atoms with E-state index in [0.29, 0.717) is 13.0 Å². The average Bonchev–Trinajstić information content (AvgIpc) is 2.98. The Bertz CT molecular complexity index is 602. The average molecular weight is 242 g/mol. The number of hydrogen-bond donors (Lipinski definition) is 0. The second-order valence-electron chi connectivity index (χ2n) is 4.48. The molecule has 0 fully saturated rings. The number of imidazole rings is 1. The van der Waals surface area contributed by atoms with Crippen molar-refractivity contribution >= 4 is 5.78 Å². The van der Waals surface area contributed by atoms with E-state index < -0.39 is 0 Å². The third kappa shape index (κ3) is 1.90. The Morgan fingerprint density at radius 1 is 1.50 bits per heavy atom. The number of rotatable bonds is 3. The summed E-state index contributed by atoms with van der Waals surface area (Å²) in [5.74, 6) is 1.79. The molecule has 92 valence electrons. The van der Waals surface area contributed by atoms with Crippen molar-refractivity contribution in [3.05, 3.63) is 47.5 Å². The molecule has 0 N–H and O–H groups in total. The van der Waals surface area contributed by atoms with Crippen LogP contribution >= 0.6 is 0 Å². The van der Waals surface area contributed by atoms with Crippen LogP contribution in [0.15, 0.2) is 30.6 Å². The SMILES string of the molecule is Cn1ccnc1CC(=O)c1ccc2c(c1)CCO2. The number of nitrogens with zero attached hydrogens (tertiary/aromatic N) is 2. The normalized spacial score (nSPS) is 13.2. The molecule has 0 saturated carbocycles. The first-order valence-electron chi connectivity index (χ1n) is 5.99. The number of ketones is 1. The first kappa shape index (κ1) is 11.0. The maximum absolute atomic E-state index is 12.2. The third-order valence-electron chi connectivity index (χ3n) is 3.25. The fourth-order valence-corrected chi connectivity index (χ4v) is 2.17. The number of carbonyl (C=O) groups is 1. The van der Waals surface area contributed by atoms with Gasteiger partial charge in [-0.15, -0.1) is 0 Å². The Kier molecular flexibility index (Phi) is 2.63. The van der Waals surface area contributed by atoms with Crippen LogP contribution in [0.3, 0.4) is 0 Å². The van der Waals surface area contributed by atoms with Gasteiger partial charge in [0.15, 0.2) is 5.78 Å². The van der Waals surface area contributed by atoms with Crippen LogP contribution in [0.2, 0.25) is 0 Å². The fourth-order valence-electron chi connectivity index (χ4n) is 2.17. The number of aromatic nitrogens is 2. The first-order chi connectivity index (χ1) is 8.74. The van der Waals surface area contributed by atoms with Crippen LogP contribution in [-0.4, -0.2) is 21.9 Å². The predicted octanol–water partition coefficient (Wildman–Crippen LogP) is 1.78. The van der Waals surface area contributed by atoms with Gasteiger partial charge < -0.3 is 9.30 Å². The number of carbonyl (C=O) groups excluding carboxylic acids is 1. The molecule has 0 aliphatic carbocycles. The van der Waals surface area contributed by atoms with Crippen LogP contribution in [0.1, 0.15) is 21.7 Å². The molecule has 0 unspecified atom stereocenters. The monoisotopic (exact) mass is 242 g/mol. The molecule has 0 atom stereocenters. The fraction of sp³-hybridized carbons (Fsp3) is 0.286. The lowest BCUT2D eigenvalue weighted by Crippen LogP contribution is -2.08. The summed E-state index contributed by atoms with van der Waals surface area (Å²) in [6.45, 7) is 0.715. The molecule has 4 heteroatoms. The summed E-state index contributed by atoms with van der Waals surface area (Å²) in [7, 11) is 1.89. The van der Waals surface area contributed by atoms with Gasteiger partial charge in [-0.25, -0.2) is 4.98 Å². The van der Waals surface area contributed by atoms with Gasteiger partial charge in [-0.3, -0.25) is 4.79 Å². The van der Waals surface area contributed by atoms with Gasteiger partial charge in [0.05, 0.1) is 13.0 Å². The standard InChI is InChI=1S/C14H14N2O2/c1-16-6-5-15-14(16)9-12(17)10-2-3-13-11(8-10)4-7-18-13/h2-3,5-6,8H,4,7,9H2,1H3. The van der Waals surface area contributed by atoms with Crippen molar-refractivity contribution < 1.29 is 9.53 Å². The molecule has 4 nitrogen and oxygen atoms in total. The van der Waals surface area contributed by atoms with Gasteiger partial charge in [0.2, 0.25) is 0 Å². The highest BCUT2D eigenvalue weighted by Crippen LogP contribution is 2.26. The largest absolute Gasteiger partial charge is 0.493 e. The van der Waals surface area contributed by atoms with Gasteiger partial charge in [-0.1, -0.05) is 0 Å². The lowest BCUT2D eigenvalue weighted by molar-refractivity contribution is 0.0990. The summed E-state index contributed by atoms with van der Waals surface area (Å²) in [5, 5.41) is 0. The van der Waals surface area contributed by atoms with Crippen molar-refractivity contribution in [1.82, 2.24) is 9.55 Å². The minimum atomic E-state index is 0.0963. The highest BCUT2D eigenvalue weighted by atomic mass is 16.5. The Hall–Kier alpha value is -2.10. The van der Waals surface area contributed by atoms with Crippen molar-refractivity contribution in [1.29, 1.82) is 0 Å². The van der Waals surface area contributed by atoms with Crippen LogP contribution < -0.4 is 4.74 Å². The maximum atomic E-state index is 12.2. The number of ether oxygens (including phenoxy) is 1. The quantitative estimate of drug-likeness (QED) is 0.771. The zero-order valence-corrected chi connectivity index (χ0v) is 10.2. The predicted molar refractivity (Wildman–Crippen MR) is 66.9 cm³/mol. The van der Waals surface area contributed by atoms with Gasteiger partial charge in [0.25, 0.3) is 0 Å². The highest BCUT2D eigenvalue weighted by molar-refractivity contribution is 5.97. The van der Waals surface area contributed by atoms with E-state index in [4.69, 9.17) is 4.74 Å². The molecule has 0 saturated heterocycles. The second-order valence-corrected chi connectivity index (χ2v) is 4.48. The molecule has 1 aliphatic rings. The molecule has 0 amide bonds. The first-order valence-corrected chi connectivity index (χ1v) is 5.99. The molecular formula is C14H14N2O2. The third-order valence-corrected chi connectivity index (χ3v) is 3.25. The van der Waals surface area contributed by atoms with Gasteiger partial charge in [0, 0.05) is 31.4 Å². The minimum Gasteiger partial charge on any atom is -0.493 e. The number of hydrogen-bond acceptors (Lipinski definition) is 3. The summed E-state index contributed by atoms with van der Waals surface area (Å²) in [4.78, 5) is 16.3. The smallest absolute Gasteiger partial charge is 0.170 e. The number of fused-ring (bicyclic) bond motifs is 1. The molecule has 0 radical (unpaired) electrons. The Labute approximate surface area is 105 Å². The lowest BCUT2D eigenvalue weighted by atomic mass is 10.0. The van der Waals surface area contributed by atoms with E-state index in [1.807, 2.05) is 36.0 Å². The van der Waals surface area contributed by atoms with Crippen molar-refractivity contribution in [2.24, 2.45) is 7.05 Å². The second kappa shape index (κ2) is 4.29. The molecule has 2 heterocycles. The summed E-state index contributed by atoms with van der Waals surface area (Å²) in [6, 6.07) is 5.65. The maximum Gasteiger partial charge on any atom is 0.170 e. The lowest BCUT2D eigenvalue weighted by Gasteiger charge is -2.04. The van der Waals surface area contributed by atoms with Gasteiger partial charge in [-0.2, -0.15) is 0 Å². The highest BCUT2D eigenvalue weighted by Gasteiger charge is 2.16. The Morgan fingerprint density at radius 3 is 3.17 bits per heavy atom. The van der Waals surface area contributed by atoms with Gasteiger partial charge >= 0.3 is 0 Å². The van der Waals surface area contributed by atoms with Crippen LogP contribution in [0, 0.1) is 0 Å². The topological polar surface area (TPSA) is 44.1 Å². The van der Waals surface area contributed by atoms with Crippen LogP contribution in [0.25, 0.3) is 0 Å². The molecule has 0 spiro atoms. The Morgan fingerprint density at radius 2 is 2.39 bits per heavy atom. The van der Waals surface area contributed by atoms with Crippen LogP contribution in [-0.2, 0) is 19.9 Å². The number of Topliss-reactive ketones (excluding diaryl/α,β-unsaturated/α-hetero) is 1. The Balaban J connectivity index is 1.83. The zero-order valence-electron chi connectivity index (χ0n) is 10.2. The van der Waals surface area contributed by atoms with E-state index in [-0.39, 0.29) is 5.78 Å². The van der Waals surface area contributed by atoms with E-state index in [9.17, 15) is 4.79 Å². The van der Waals surface area contributed by atoms with Gasteiger partial charge in [-0.05, 0) is 23.8 Å². The van der Waals surface area contributed by atoms with Crippen molar-refractivity contribution in [2.45, 2.75) is 12.8 Å². The summed E-state index contributed by atoms with van der Waals surface area (Å²) >= 11 is 0. The van der Waals surface area contributed by atoms with Crippen molar-refractivity contribution in [3.8, 4) is 5.75 Å². The van der Waals surface area contributed by atoms with E-state index in [2.05, 4.69) is 4.98 Å². The van der Waals surface area contributed by atoms with Crippen molar-refractivity contribution in [2.75, 3.05) is 6.61 Å². The molecule has 1 aliphatic heterocycles. The summed E-state index contributed by atoms with van der Waals surface area (Å²) in [5.41, 5.74) is 1.86. The van der Waals surface area contributed by atoms with E-state index in [0.717, 1.165) is 29.1 Å². The molecular weight excluding hydrogens is 228 g/mol. The van der Waals surface area contributed by atoms with E-state index in [1.54, 1.807) is 6.20 Å². The van der Waals surface area contributed by atoms with Gasteiger partial charge in [0.1, 0.15) is 11.6 Å². The molecule has 1 aromatic carbocycles. The van der Waals surface area contributed by atoms with Crippen LogP contribution in [0.4, 0.5) is 0 Å². The molecule has 1 aromatic heterocycles. The number of benzene rings is 1. The minimum absolute atomic E-state index is 0.0963. The molecule has 0 bridgehead atoms. The van der Waals surface area contributed by atoms with Crippen LogP contribution in [0.5, 0.6) is 5.75 Å². The van der Waals surface area contributed by atoms with E-state index >= 15 is 0 Å². The molecule has 3 rings (SSSR count). The molecule has 18 heavy (non-hydrogen) atoms. The van der Waals surface area contributed by atoms with E-state index in [1.165, 1.54) is 0 Å².